The number of hydrogen-bond donors (Lipinski definition) is 2. The van der Waals surface area contributed by atoms with Gasteiger partial charge in [-0.15, -0.1) is 4.36 Å². The lowest BCUT2D eigenvalue weighted by molar-refractivity contribution is 0.0693. The van der Waals surface area contributed by atoms with Crippen LogP contribution in [0.4, 0.5) is 0 Å². The monoisotopic (exact) mass is 304 g/mol. The van der Waals surface area contributed by atoms with Crippen molar-refractivity contribution in [2.24, 2.45) is 4.36 Å². The lowest BCUT2D eigenvalue weighted by Crippen LogP contribution is -1.98. The van der Waals surface area contributed by atoms with Crippen molar-refractivity contribution in [3.8, 4) is 16.9 Å². The molecule has 0 spiro atoms. The fourth-order valence-electron chi connectivity index (χ4n) is 1.69. The molecule has 106 valence electrons. The third kappa shape index (κ3) is 3.18. The number of carbonyl (C=O) groups excluding carboxylic acids is 1. The number of aromatic carboxylic acids is 1. The van der Waals surface area contributed by atoms with Crippen molar-refractivity contribution in [3.05, 3.63) is 47.8 Å². The van der Waals surface area contributed by atoms with Gasteiger partial charge in [-0.25, -0.2) is 4.79 Å². The fraction of sp³-hybridized carbons (Fsp3) is 0. The molecule has 2 rings (SSSR count). The summed E-state index contributed by atoms with van der Waals surface area (Å²) in [6, 6.07) is 5.44. The van der Waals surface area contributed by atoms with Crippen molar-refractivity contribution in [2.75, 3.05) is 0 Å². The summed E-state index contributed by atoms with van der Waals surface area (Å²) in [5.74, 6) is -2.35. The van der Waals surface area contributed by atoms with Gasteiger partial charge >= 0.3 is 5.97 Å². The zero-order valence-corrected chi connectivity index (χ0v) is 11.2. The van der Waals surface area contributed by atoms with Crippen LogP contribution in [0.1, 0.15) is 20.7 Å². The van der Waals surface area contributed by atoms with E-state index in [1.807, 2.05) is 0 Å². The number of carbonyl (C=O) groups is 2. The number of nitrogens with zero attached hydrogens (tertiary/aromatic N) is 2. The van der Waals surface area contributed by atoms with E-state index in [1.165, 1.54) is 36.7 Å². The molecular formula is C13H8N2O5S. The average molecular weight is 304 g/mol. The third-order valence-electron chi connectivity index (χ3n) is 2.67. The molecule has 0 radical (unpaired) electrons. The van der Waals surface area contributed by atoms with Crippen molar-refractivity contribution in [1.29, 1.82) is 0 Å². The second-order valence-corrected chi connectivity index (χ2v) is 4.30. The molecule has 0 aliphatic rings. The van der Waals surface area contributed by atoms with E-state index in [0.29, 0.717) is 11.1 Å². The minimum atomic E-state index is -1.27. The molecule has 21 heavy (non-hydrogen) atoms. The van der Waals surface area contributed by atoms with Crippen LogP contribution in [-0.2, 0) is 11.5 Å². The fourth-order valence-corrected chi connectivity index (χ4v) is 1.86. The molecule has 0 bridgehead atoms. The number of aromatic hydroxyl groups is 1. The van der Waals surface area contributed by atoms with Gasteiger partial charge in [-0.3, -0.25) is 9.78 Å². The van der Waals surface area contributed by atoms with Crippen molar-refractivity contribution in [1.82, 2.24) is 4.98 Å². The Morgan fingerprint density at radius 1 is 1.14 bits per heavy atom. The summed E-state index contributed by atoms with van der Waals surface area (Å²) in [6.07, 6.45) is 2.68. The molecule has 0 atom stereocenters. The number of benzene rings is 1. The average Bonchev–Trinajstić information content (AvgIpc) is 2.48. The van der Waals surface area contributed by atoms with E-state index in [-0.39, 0.29) is 28.3 Å². The first-order chi connectivity index (χ1) is 10.0. The predicted octanol–water partition coefficient (Wildman–Crippen LogP) is 1.69. The first-order valence-electron chi connectivity index (χ1n) is 5.59. The van der Waals surface area contributed by atoms with Crippen LogP contribution in [0, 0.1) is 0 Å². The molecule has 1 heterocycles. The Balaban J connectivity index is 2.50. The Morgan fingerprint density at radius 3 is 2.57 bits per heavy atom. The Hall–Kier alpha value is -2.87. The number of carboxylic acids is 1. The van der Waals surface area contributed by atoms with Gasteiger partial charge in [0.05, 0.1) is 5.56 Å². The number of phenols is 1. The van der Waals surface area contributed by atoms with Crippen molar-refractivity contribution in [2.45, 2.75) is 0 Å². The van der Waals surface area contributed by atoms with Crippen LogP contribution in [-0.4, -0.2) is 31.3 Å². The largest absolute Gasteiger partial charge is 0.507 e. The summed E-state index contributed by atoms with van der Waals surface area (Å²) in [5, 5.41) is 18.4. The van der Waals surface area contributed by atoms with Gasteiger partial charge in [-0.05, 0) is 23.8 Å². The second-order valence-electron chi connectivity index (χ2n) is 3.97. The minimum absolute atomic E-state index is 0.112. The van der Waals surface area contributed by atoms with Gasteiger partial charge in [-0.1, -0.05) is 6.07 Å². The zero-order chi connectivity index (χ0) is 15.4. The normalized spacial score (nSPS) is 9.90. The van der Waals surface area contributed by atoms with Crippen LogP contribution >= 0.6 is 0 Å². The number of hydrogen-bond acceptors (Lipinski definition) is 5. The van der Waals surface area contributed by atoms with Crippen LogP contribution in [0.5, 0.6) is 5.75 Å². The molecule has 0 saturated carbocycles. The van der Waals surface area contributed by atoms with E-state index < -0.39 is 11.9 Å². The van der Waals surface area contributed by atoms with Gasteiger partial charge < -0.3 is 10.2 Å². The number of aromatic nitrogens is 1. The first kappa shape index (κ1) is 14.5. The molecule has 0 unspecified atom stereocenters. The van der Waals surface area contributed by atoms with Gasteiger partial charge in [-0.2, -0.15) is 4.21 Å². The van der Waals surface area contributed by atoms with E-state index in [9.17, 15) is 18.9 Å². The number of pyridine rings is 1. The van der Waals surface area contributed by atoms with Gasteiger partial charge in [0, 0.05) is 18.0 Å². The van der Waals surface area contributed by atoms with Crippen LogP contribution < -0.4 is 0 Å². The molecule has 0 fully saturated rings. The summed E-state index contributed by atoms with van der Waals surface area (Å²) >= 11 is -0.199. The van der Waals surface area contributed by atoms with Crippen molar-refractivity contribution >= 4 is 23.3 Å². The van der Waals surface area contributed by atoms with Crippen molar-refractivity contribution < 1.29 is 24.0 Å². The maximum atomic E-state index is 11.5. The van der Waals surface area contributed by atoms with Crippen LogP contribution in [0.15, 0.2) is 41.0 Å². The number of amides is 1. The molecule has 7 nitrogen and oxygen atoms in total. The van der Waals surface area contributed by atoms with E-state index >= 15 is 0 Å². The van der Waals surface area contributed by atoms with Gasteiger partial charge in [0.2, 0.25) is 11.5 Å². The summed E-state index contributed by atoms with van der Waals surface area (Å²) in [7, 11) is 0. The third-order valence-corrected chi connectivity index (χ3v) is 2.91. The minimum Gasteiger partial charge on any atom is -0.507 e. The highest BCUT2D eigenvalue weighted by molar-refractivity contribution is 7.55. The highest BCUT2D eigenvalue weighted by Crippen LogP contribution is 2.26. The van der Waals surface area contributed by atoms with E-state index in [4.69, 9.17) is 5.11 Å². The quantitative estimate of drug-likeness (QED) is 0.891. The van der Waals surface area contributed by atoms with E-state index in [1.54, 1.807) is 0 Å². The Kier molecular flexibility index (Phi) is 4.19. The van der Waals surface area contributed by atoms with Gasteiger partial charge in [0.15, 0.2) is 0 Å². The lowest BCUT2D eigenvalue weighted by atomic mass is 10.0. The highest BCUT2D eigenvalue weighted by Gasteiger charge is 2.12. The molecule has 8 heteroatoms. The predicted molar refractivity (Wildman–Crippen MR) is 73.2 cm³/mol. The second kappa shape index (κ2) is 6.06. The summed E-state index contributed by atoms with van der Waals surface area (Å²) < 4.78 is 13.4. The van der Waals surface area contributed by atoms with Gasteiger partial charge in [0.25, 0.3) is 5.91 Å². The molecule has 1 aromatic heterocycles. The molecule has 0 saturated heterocycles. The van der Waals surface area contributed by atoms with Crippen molar-refractivity contribution in [3.63, 3.8) is 0 Å². The Morgan fingerprint density at radius 2 is 1.90 bits per heavy atom. The molecule has 0 aliphatic carbocycles. The molecule has 0 aliphatic heterocycles. The summed E-state index contributed by atoms with van der Waals surface area (Å²) in [5.41, 5.74) is 0.779. The highest BCUT2D eigenvalue weighted by atomic mass is 32.1. The molecule has 2 N–H and O–H groups in total. The number of carboxylic acid groups (broad SMARTS) is 1. The van der Waals surface area contributed by atoms with Crippen LogP contribution in [0.2, 0.25) is 0 Å². The molecule has 2 aromatic rings. The summed E-state index contributed by atoms with van der Waals surface area (Å²) in [6.45, 7) is 0. The maximum absolute atomic E-state index is 11.5. The first-order valence-corrected chi connectivity index (χ1v) is 6.29. The van der Waals surface area contributed by atoms with E-state index in [0.717, 1.165) is 0 Å². The van der Waals surface area contributed by atoms with Gasteiger partial charge in [0.1, 0.15) is 11.3 Å². The topological polar surface area (TPSA) is 117 Å². The molecule has 1 aromatic carbocycles. The smallest absolute Gasteiger partial charge is 0.339 e. The maximum Gasteiger partial charge on any atom is 0.339 e. The Bertz CT molecular complexity index is 784. The molecule has 1 amide bonds. The Labute approximate surface area is 122 Å². The van der Waals surface area contributed by atoms with Crippen LogP contribution in [0.25, 0.3) is 11.1 Å². The SMILES string of the molecule is O=S=NC(=O)c1cncc(-c2ccc(O)c(C(=O)O)c2)c1. The number of rotatable bonds is 3. The van der Waals surface area contributed by atoms with Crippen LogP contribution in [0.3, 0.4) is 0 Å². The van der Waals surface area contributed by atoms with E-state index in [2.05, 4.69) is 9.35 Å². The zero-order valence-electron chi connectivity index (χ0n) is 10.4. The molecular weight excluding hydrogens is 296 g/mol. The summed E-state index contributed by atoms with van der Waals surface area (Å²) in [4.78, 5) is 26.3. The standard InChI is InChI=1S/C13H8N2O5S/c16-11-2-1-7(4-10(11)13(18)19)8-3-9(6-14-5-8)12(17)15-21-20/h1-6,16H,(H,18,19). The lowest BCUT2D eigenvalue weighted by Gasteiger charge is -2.05.